The average Bonchev–Trinajstić information content (AvgIpc) is 3.68. The number of halogens is 4. The van der Waals surface area contributed by atoms with Gasteiger partial charge in [0.1, 0.15) is 5.82 Å². The van der Waals surface area contributed by atoms with E-state index in [9.17, 15) is 22.7 Å². The Kier molecular flexibility index (Phi) is 27.1. The van der Waals surface area contributed by atoms with E-state index in [0.29, 0.717) is 43.8 Å². The van der Waals surface area contributed by atoms with Crippen LogP contribution in [0.15, 0.2) is 108 Å². The van der Waals surface area contributed by atoms with Crippen LogP contribution in [0, 0.1) is 17.7 Å². The average molecular weight is 1190 g/mol. The first kappa shape index (κ1) is 70.0. The van der Waals surface area contributed by atoms with Gasteiger partial charge < -0.3 is 29.1 Å². The van der Waals surface area contributed by atoms with Crippen LogP contribution in [0.5, 0.6) is 0 Å². The van der Waals surface area contributed by atoms with Gasteiger partial charge in [-0.05, 0) is 207 Å². The molecule has 5 fully saturated rings. The smallest absolute Gasteiger partial charge is 0.391 e. The van der Waals surface area contributed by atoms with E-state index < -0.39 is 12.1 Å². The maximum atomic E-state index is 13.2. The van der Waals surface area contributed by atoms with Crippen molar-refractivity contribution in [1.82, 2.24) is 14.7 Å². The van der Waals surface area contributed by atoms with Crippen LogP contribution >= 0.6 is 0 Å². The molecule has 9 nitrogen and oxygen atoms in total. The number of methoxy groups -OCH3 is 1. The molecule has 0 saturated carbocycles. The molecule has 85 heavy (non-hydrogen) atoms. The SMILES string of the molecule is CC(C)=CC(CC(C)(C)c1ccc(N2CCOCC2)cc1)N1CCC(C(F)(F)F)CC1.CC(C)=CC(CC(C)(C)c1ccc(N2CCOCC2)cc1)N1CCC(CCO)CC1.COC1CCN(C(C=C(C)C)CC(C)(C)c2ccc(F)cc2)CC1. The molecule has 3 aromatic carbocycles. The fraction of sp³-hybridized carbons (Fsp3) is 0.667. The summed E-state index contributed by atoms with van der Waals surface area (Å²) in [6.45, 7) is 39.4. The van der Waals surface area contributed by atoms with Crippen molar-refractivity contribution < 1.29 is 36.9 Å². The zero-order valence-corrected chi connectivity index (χ0v) is 54.7. The third-order valence-electron chi connectivity index (χ3n) is 18.8. The Morgan fingerprint density at radius 1 is 0.506 bits per heavy atom. The van der Waals surface area contributed by atoms with Crippen molar-refractivity contribution in [2.45, 2.75) is 194 Å². The van der Waals surface area contributed by atoms with Crippen LogP contribution < -0.4 is 9.80 Å². The van der Waals surface area contributed by atoms with Crippen molar-refractivity contribution in [3.8, 4) is 0 Å². The first-order chi connectivity index (χ1) is 40.3. The molecule has 1 N–H and O–H groups in total. The van der Waals surface area contributed by atoms with Gasteiger partial charge in [-0.3, -0.25) is 14.7 Å². The highest BCUT2D eigenvalue weighted by molar-refractivity contribution is 5.50. The van der Waals surface area contributed by atoms with Crippen molar-refractivity contribution in [1.29, 1.82) is 0 Å². The first-order valence-electron chi connectivity index (χ1n) is 32.3. The van der Waals surface area contributed by atoms with Gasteiger partial charge in [0.2, 0.25) is 0 Å². The Morgan fingerprint density at radius 3 is 1.13 bits per heavy atom. The molecule has 5 heterocycles. The molecule has 0 bridgehead atoms. The van der Waals surface area contributed by atoms with Gasteiger partial charge in [0.15, 0.2) is 0 Å². The molecule has 0 aromatic heterocycles. The topological polar surface area (TPSA) is 64.1 Å². The second-order valence-electron chi connectivity index (χ2n) is 27.8. The Hall–Kier alpha value is -4.08. The van der Waals surface area contributed by atoms with E-state index in [0.717, 1.165) is 117 Å². The zero-order chi connectivity index (χ0) is 62.0. The summed E-state index contributed by atoms with van der Waals surface area (Å²) in [5.41, 5.74) is 10.4. The molecule has 3 atom stereocenters. The largest absolute Gasteiger partial charge is 0.396 e. The summed E-state index contributed by atoms with van der Waals surface area (Å²) in [6, 6.07) is 26.0. The highest BCUT2D eigenvalue weighted by Gasteiger charge is 2.42. The summed E-state index contributed by atoms with van der Waals surface area (Å²) in [4.78, 5) is 12.3. The van der Waals surface area contributed by atoms with Crippen LogP contribution in [0.3, 0.4) is 0 Å². The van der Waals surface area contributed by atoms with Crippen LogP contribution in [0.25, 0.3) is 0 Å². The number of alkyl halides is 3. The summed E-state index contributed by atoms with van der Waals surface area (Å²) in [6.07, 6.45) is 12.4. The van der Waals surface area contributed by atoms with Gasteiger partial charge in [-0.1, -0.05) is 113 Å². The molecule has 0 aliphatic carbocycles. The van der Waals surface area contributed by atoms with Gasteiger partial charge in [0.25, 0.3) is 0 Å². The van der Waals surface area contributed by atoms with E-state index in [1.807, 2.05) is 19.2 Å². The quantitative estimate of drug-likeness (QED) is 0.0880. The fourth-order valence-corrected chi connectivity index (χ4v) is 13.5. The van der Waals surface area contributed by atoms with E-state index in [1.54, 1.807) is 12.1 Å². The van der Waals surface area contributed by atoms with Crippen LogP contribution in [0.2, 0.25) is 0 Å². The Balaban J connectivity index is 0.000000206. The summed E-state index contributed by atoms with van der Waals surface area (Å²) in [7, 11) is 1.81. The van der Waals surface area contributed by atoms with Gasteiger partial charge in [0.05, 0.1) is 38.4 Å². The Labute approximate surface area is 512 Å². The molecule has 3 aromatic rings. The molecule has 476 valence electrons. The molecular weight excluding hydrogens is 1070 g/mol. The molecule has 13 heteroatoms. The number of rotatable bonds is 20. The Bertz CT molecular complexity index is 2480. The lowest BCUT2D eigenvalue weighted by atomic mass is 9.78. The minimum atomic E-state index is -4.07. The fourth-order valence-electron chi connectivity index (χ4n) is 13.5. The maximum absolute atomic E-state index is 13.2. The number of piperidine rings is 3. The summed E-state index contributed by atoms with van der Waals surface area (Å²) in [5.74, 6) is -0.631. The highest BCUT2D eigenvalue weighted by atomic mass is 19.4. The molecule has 5 saturated heterocycles. The molecule has 3 unspecified atom stereocenters. The predicted octanol–water partition coefficient (Wildman–Crippen LogP) is 15.4. The van der Waals surface area contributed by atoms with Crippen LogP contribution in [0.1, 0.15) is 164 Å². The number of aliphatic hydroxyl groups is 1. The molecular formula is C72H111F4N5O4. The number of hydrogen-bond acceptors (Lipinski definition) is 9. The number of anilines is 2. The van der Waals surface area contributed by atoms with Crippen molar-refractivity contribution in [2.24, 2.45) is 11.8 Å². The van der Waals surface area contributed by atoms with Crippen LogP contribution in [-0.4, -0.2) is 156 Å². The number of allylic oxidation sites excluding steroid dienone is 3. The van der Waals surface area contributed by atoms with Gasteiger partial charge in [0, 0.05) is 82.5 Å². The standard InChI is InChI=1S/C26H42N2O2.C25H37F3N2O.C21H32FNO/c1-21(2)19-25(27-12-9-22(10-13-27)11-16-29)20-26(3,4)23-5-7-24(8-6-23)28-14-17-30-18-15-28;1-19(2)17-23(29-11-9-21(10-12-29)25(26,27)28)18-24(3,4)20-5-7-22(8-6-20)30-13-15-31-16-14-30;1-16(2)14-19(23-12-10-20(24-5)11-13-23)15-21(3,4)17-6-8-18(22)9-7-17/h5-8,19,22,25,29H,9-18,20H2,1-4H3;5-8,17,21,23H,9-16,18H2,1-4H3;6-9,14,19-20H,10-13,15H2,1-5H3. The number of benzene rings is 3. The minimum Gasteiger partial charge on any atom is -0.396 e. The summed E-state index contributed by atoms with van der Waals surface area (Å²) in [5, 5.41) is 9.26. The van der Waals surface area contributed by atoms with E-state index in [-0.39, 0.29) is 40.9 Å². The van der Waals surface area contributed by atoms with Gasteiger partial charge in [-0.2, -0.15) is 13.2 Å². The molecule has 5 aliphatic heterocycles. The number of hydrogen-bond donors (Lipinski definition) is 1. The number of nitrogens with zero attached hydrogens (tertiary/aromatic N) is 5. The van der Waals surface area contributed by atoms with Crippen molar-refractivity contribution in [3.05, 3.63) is 130 Å². The number of morpholine rings is 2. The van der Waals surface area contributed by atoms with Crippen LogP contribution in [-0.2, 0) is 30.5 Å². The predicted molar refractivity (Wildman–Crippen MR) is 346 cm³/mol. The lowest BCUT2D eigenvalue weighted by Gasteiger charge is -2.40. The lowest BCUT2D eigenvalue weighted by molar-refractivity contribution is -0.185. The van der Waals surface area contributed by atoms with Gasteiger partial charge in [-0.25, -0.2) is 4.39 Å². The highest BCUT2D eigenvalue weighted by Crippen LogP contribution is 2.39. The second kappa shape index (κ2) is 32.9. The molecule has 0 amide bonds. The maximum Gasteiger partial charge on any atom is 0.391 e. The van der Waals surface area contributed by atoms with Crippen molar-refractivity contribution in [3.63, 3.8) is 0 Å². The third-order valence-corrected chi connectivity index (χ3v) is 18.8. The minimum absolute atomic E-state index is 0.00240. The second-order valence-corrected chi connectivity index (χ2v) is 27.8. The summed E-state index contributed by atoms with van der Waals surface area (Å²) >= 11 is 0. The van der Waals surface area contributed by atoms with Gasteiger partial charge in [-0.15, -0.1) is 0 Å². The van der Waals surface area contributed by atoms with E-state index in [1.165, 1.54) is 57.6 Å². The zero-order valence-electron chi connectivity index (χ0n) is 54.7. The van der Waals surface area contributed by atoms with E-state index >= 15 is 0 Å². The Morgan fingerprint density at radius 2 is 0.824 bits per heavy atom. The number of ether oxygens (including phenoxy) is 3. The molecule has 0 spiro atoms. The van der Waals surface area contributed by atoms with E-state index in [4.69, 9.17) is 14.2 Å². The first-order valence-corrected chi connectivity index (χ1v) is 32.3. The van der Waals surface area contributed by atoms with E-state index in [2.05, 4.69) is 174 Å². The van der Waals surface area contributed by atoms with Crippen LogP contribution in [0.4, 0.5) is 28.9 Å². The summed E-state index contributed by atoms with van der Waals surface area (Å²) < 4.78 is 69.0. The number of likely N-dealkylation sites (tertiary alicyclic amines) is 3. The third kappa shape index (κ3) is 22.2. The normalized spacial score (nSPS) is 19.8. The molecule has 8 rings (SSSR count). The lowest BCUT2D eigenvalue weighted by Crippen LogP contribution is -2.45. The monoisotopic (exact) mass is 1190 g/mol. The van der Waals surface area contributed by atoms with Crippen molar-refractivity contribution >= 4 is 11.4 Å². The molecule has 0 radical (unpaired) electrons. The number of aliphatic hydroxyl groups excluding tert-OH is 1. The van der Waals surface area contributed by atoms with Gasteiger partial charge >= 0.3 is 6.18 Å². The van der Waals surface area contributed by atoms with Crippen molar-refractivity contribution in [2.75, 3.05) is 115 Å². The molecule has 5 aliphatic rings.